The zero-order valence-electron chi connectivity index (χ0n) is 20.9. The molecule has 3 atom stereocenters. The molecule has 2 N–H and O–H groups in total. The lowest BCUT2D eigenvalue weighted by atomic mass is 9.76. The largest absolute Gasteiger partial charge is 0.481 e. The van der Waals surface area contributed by atoms with Gasteiger partial charge in [-0.15, -0.1) is 6.58 Å². The van der Waals surface area contributed by atoms with Crippen molar-refractivity contribution in [2.45, 2.75) is 57.2 Å². The number of β-amino-alcohol motifs (C(OH)–C–C–N with tert-alkyl or cyclic N) is 1. The smallest absolute Gasteiger partial charge is 0.425 e. The minimum atomic E-state index is -4.43. The fourth-order valence-electron chi connectivity index (χ4n) is 5.50. The molecule has 2 aromatic carbocycles. The molecule has 0 amide bonds. The van der Waals surface area contributed by atoms with Crippen LogP contribution in [0.1, 0.15) is 43.4 Å². The maximum absolute atomic E-state index is 12.8. The summed E-state index contributed by atoms with van der Waals surface area (Å²) in [6.07, 6.45) is -2.92. The maximum atomic E-state index is 12.8. The number of aliphatic hydroxyl groups excluding tert-OH is 2. The monoisotopic (exact) mass is 538 g/mol. The number of benzene rings is 2. The highest BCUT2D eigenvalue weighted by molar-refractivity contribution is 6.31. The summed E-state index contributed by atoms with van der Waals surface area (Å²) < 4.78 is 43.3. The van der Waals surface area contributed by atoms with Gasteiger partial charge in [0.1, 0.15) is 12.0 Å². The van der Waals surface area contributed by atoms with E-state index in [1.165, 1.54) is 12.1 Å². The lowest BCUT2D eigenvalue weighted by molar-refractivity contribution is -0.189. The number of halogens is 4. The van der Waals surface area contributed by atoms with Gasteiger partial charge in [-0.05, 0) is 81.6 Å². The minimum absolute atomic E-state index is 0.138. The molecule has 202 valence electrons. The number of nitrogens with zero attached hydrogens (tertiary/aromatic N) is 2. The van der Waals surface area contributed by atoms with Crippen LogP contribution in [0.4, 0.5) is 18.9 Å². The van der Waals surface area contributed by atoms with E-state index in [1.807, 2.05) is 17.0 Å². The van der Waals surface area contributed by atoms with Crippen LogP contribution in [-0.2, 0) is 6.42 Å². The first-order valence-corrected chi connectivity index (χ1v) is 13.0. The van der Waals surface area contributed by atoms with Gasteiger partial charge in [-0.3, -0.25) is 0 Å². The Morgan fingerprint density at radius 3 is 2.41 bits per heavy atom. The first kappa shape index (κ1) is 27.8. The van der Waals surface area contributed by atoms with Gasteiger partial charge in [0, 0.05) is 34.8 Å². The highest BCUT2D eigenvalue weighted by atomic mass is 35.5. The lowest BCUT2D eigenvalue weighted by Crippen LogP contribution is -2.48. The second-order valence-electron chi connectivity index (χ2n) is 10.1. The zero-order valence-corrected chi connectivity index (χ0v) is 21.7. The van der Waals surface area contributed by atoms with Gasteiger partial charge in [0.2, 0.25) is 0 Å². The number of aliphatic hydroxyl groups is 2. The van der Waals surface area contributed by atoms with Gasteiger partial charge >= 0.3 is 6.18 Å². The average molecular weight is 539 g/mol. The summed E-state index contributed by atoms with van der Waals surface area (Å²) in [4.78, 5) is 4.12. The zero-order chi connectivity index (χ0) is 26.8. The highest BCUT2D eigenvalue weighted by Crippen LogP contribution is 2.46. The van der Waals surface area contributed by atoms with Gasteiger partial charge in [0.05, 0.1) is 6.10 Å². The number of allylic oxidation sites excluding steroid dienone is 1. The van der Waals surface area contributed by atoms with Crippen LogP contribution in [0.15, 0.2) is 55.1 Å². The molecule has 4 rings (SSSR count). The third-order valence-electron chi connectivity index (χ3n) is 7.76. The van der Waals surface area contributed by atoms with Crippen molar-refractivity contribution in [2.24, 2.45) is 5.41 Å². The highest BCUT2D eigenvalue weighted by Gasteiger charge is 2.48. The third kappa shape index (κ3) is 6.08. The fraction of sp³-hybridized carbons (Fsp3) is 0.500. The number of piperidine rings is 1. The molecule has 1 spiro atoms. The Bertz CT molecular complexity index is 1070. The Balaban J connectivity index is 1.35. The number of hydrogen-bond donors (Lipinski definition) is 2. The van der Waals surface area contributed by atoms with Gasteiger partial charge in [0.25, 0.3) is 0 Å². The standard InChI is InChI=1S/C28H34ClF3N2O3/c1-3-5-20-6-4-7-23(29)25(20)24(35)18-33-15-12-27(13-16-33)14-17-34(26(27)36)21-8-10-22(11-9-21)37-19(2)28(30,31)32/h3-4,6-11,19,24,26,35-36H,1,5,12-18H2,2H3/t19-,24?,26?/m1/s1. The summed E-state index contributed by atoms with van der Waals surface area (Å²) in [6.45, 7) is 7.37. The van der Waals surface area contributed by atoms with Gasteiger partial charge < -0.3 is 24.7 Å². The molecule has 5 nitrogen and oxygen atoms in total. The number of ether oxygens (including phenoxy) is 1. The molecular formula is C28H34ClF3N2O3. The third-order valence-corrected chi connectivity index (χ3v) is 8.09. The number of rotatable bonds is 8. The molecule has 0 aromatic heterocycles. The Kier molecular flexibility index (Phi) is 8.43. The first-order chi connectivity index (χ1) is 17.5. The molecule has 0 aliphatic carbocycles. The van der Waals surface area contributed by atoms with Crippen LogP contribution in [0, 0.1) is 5.41 Å². The molecule has 2 aromatic rings. The topological polar surface area (TPSA) is 56.2 Å². The second kappa shape index (κ2) is 11.2. The van der Waals surface area contributed by atoms with E-state index in [1.54, 1.807) is 24.3 Å². The second-order valence-corrected chi connectivity index (χ2v) is 10.5. The van der Waals surface area contributed by atoms with Crippen molar-refractivity contribution in [1.29, 1.82) is 0 Å². The predicted molar refractivity (Wildman–Crippen MR) is 139 cm³/mol. The summed E-state index contributed by atoms with van der Waals surface area (Å²) in [7, 11) is 0. The van der Waals surface area contributed by atoms with Crippen LogP contribution in [-0.4, -0.2) is 59.8 Å². The van der Waals surface area contributed by atoms with Crippen molar-refractivity contribution in [3.63, 3.8) is 0 Å². The number of anilines is 1. The summed E-state index contributed by atoms with van der Waals surface area (Å²) in [6, 6.07) is 12.0. The van der Waals surface area contributed by atoms with E-state index in [4.69, 9.17) is 16.3 Å². The number of hydrogen-bond acceptors (Lipinski definition) is 5. The van der Waals surface area contributed by atoms with Crippen molar-refractivity contribution >= 4 is 17.3 Å². The molecule has 2 heterocycles. The van der Waals surface area contributed by atoms with Crippen LogP contribution < -0.4 is 9.64 Å². The minimum Gasteiger partial charge on any atom is -0.481 e. The molecule has 0 radical (unpaired) electrons. The van der Waals surface area contributed by atoms with Crippen molar-refractivity contribution in [3.05, 3.63) is 71.3 Å². The maximum Gasteiger partial charge on any atom is 0.425 e. The Morgan fingerprint density at radius 1 is 1.14 bits per heavy atom. The molecule has 9 heteroatoms. The van der Waals surface area contributed by atoms with Crippen molar-refractivity contribution in [2.75, 3.05) is 31.1 Å². The molecule has 0 saturated carbocycles. The van der Waals surface area contributed by atoms with Gasteiger partial charge in [-0.2, -0.15) is 13.2 Å². The summed E-state index contributed by atoms with van der Waals surface area (Å²) in [5, 5.41) is 22.8. The van der Waals surface area contributed by atoms with Crippen LogP contribution in [0.5, 0.6) is 5.75 Å². The average Bonchev–Trinajstić information content (AvgIpc) is 3.16. The van der Waals surface area contributed by atoms with E-state index in [-0.39, 0.29) is 11.2 Å². The summed E-state index contributed by atoms with van der Waals surface area (Å²) in [5.41, 5.74) is 2.20. The van der Waals surface area contributed by atoms with Gasteiger partial charge in [0.15, 0.2) is 6.10 Å². The molecule has 37 heavy (non-hydrogen) atoms. The molecule has 2 saturated heterocycles. The Hall–Kier alpha value is -2.26. The molecular weight excluding hydrogens is 505 g/mol. The van der Waals surface area contributed by atoms with E-state index in [2.05, 4.69) is 11.5 Å². The quantitative estimate of drug-likeness (QED) is 0.420. The molecule has 2 fully saturated rings. The first-order valence-electron chi connectivity index (χ1n) is 12.6. The summed E-state index contributed by atoms with van der Waals surface area (Å²) in [5.74, 6) is 0.138. The number of alkyl halides is 3. The van der Waals surface area contributed by atoms with E-state index in [0.29, 0.717) is 24.5 Å². The molecule has 2 aliphatic rings. The number of likely N-dealkylation sites (tertiary alicyclic amines) is 1. The van der Waals surface area contributed by atoms with Crippen molar-refractivity contribution in [1.82, 2.24) is 4.90 Å². The molecule has 0 bridgehead atoms. The van der Waals surface area contributed by atoms with Crippen LogP contribution in [0.2, 0.25) is 5.02 Å². The predicted octanol–water partition coefficient (Wildman–Crippen LogP) is 5.74. The van der Waals surface area contributed by atoms with E-state index in [0.717, 1.165) is 56.1 Å². The van der Waals surface area contributed by atoms with Crippen molar-refractivity contribution < 1.29 is 28.1 Å². The van der Waals surface area contributed by atoms with Crippen LogP contribution in [0.3, 0.4) is 0 Å². The van der Waals surface area contributed by atoms with E-state index < -0.39 is 24.6 Å². The normalized spacial score (nSPS) is 21.7. The van der Waals surface area contributed by atoms with Crippen LogP contribution in [0.25, 0.3) is 0 Å². The molecule has 2 unspecified atom stereocenters. The fourth-order valence-corrected chi connectivity index (χ4v) is 5.82. The van der Waals surface area contributed by atoms with Gasteiger partial charge in [-0.25, -0.2) is 0 Å². The Morgan fingerprint density at radius 2 is 1.78 bits per heavy atom. The van der Waals surface area contributed by atoms with E-state index in [9.17, 15) is 23.4 Å². The Labute approximate surface area is 221 Å². The van der Waals surface area contributed by atoms with Gasteiger partial charge in [-0.1, -0.05) is 29.8 Å². The molecule has 2 aliphatic heterocycles. The van der Waals surface area contributed by atoms with Crippen LogP contribution >= 0.6 is 11.6 Å². The SMILES string of the molecule is C=CCc1cccc(Cl)c1C(O)CN1CCC2(CC1)CCN(c1ccc(O[C@H](C)C(F)(F)F)cc1)C2O. The lowest BCUT2D eigenvalue weighted by Gasteiger charge is -2.42. The van der Waals surface area contributed by atoms with E-state index >= 15 is 0 Å². The summed E-state index contributed by atoms with van der Waals surface area (Å²) >= 11 is 6.41. The van der Waals surface area contributed by atoms with Crippen molar-refractivity contribution in [3.8, 4) is 5.75 Å².